The normalized spacial score (nSPS) is 12.5. The van der Waals surface area contributed by atoms with Crippen LogP contribution in [0.25, 0.3) is 0 Å². The lowest BCUT2D eigenvalue weighted by Gasteiger charge is -2.10. The van der Waals surface area contributed by atoms with E-state index in [0.717, 1.165) is 0 Å². The smallest absolute Gasteiger partial charge is 0.335 e. The first kappa shape index (κ1) is 8.66. The Hall–Kier alpha value is -1.43. The van der Waals surface area contributed by atoms with E-state index in [1.807, 2.05) is 0 Å². The molecule has 1 atom stereocenters. The fourth-order valence-corrected chi connectivity index (χ4v) is 0.755. The average molecular weight is 169 g/mol. The molecule has 0 spiro atoms. The number of quaternary nitrogens is 1. The van der Waals surface area contributed by atoms with Gasteiger partial charge in [-0.15, -0.1) is 0 Å². The van der Waals surface area contributed by atoms with Crippen molar-refractivity contribution in [1.82, 2.24) is 0 Å². The SMILES string of the molecule is O=C(O)c1ccc([NH+]([O-])O)cc1. The van der Waals surface area contributed by atoms with Crippen LogP contribution in [0.2, 0.25) is 0 Å². The maximum absolute atomic E-state index is 10.3. The summed E-state index contributed by atoms with van der Waals surface area (Å²) in [6.07, 6.45) is 0. The second-order valence-electron chi connectivity index (χ2n) is 2.19. The standard InChI is InChI=1S/C7H7NO4/c9-7(10)5-1-3-6(4-2-5)8(11)12/h1-4,8,11H,(H,9,10). The van der Waals surface area contributed by atoms with Crippen LogP contribution in [0, 0.1) is 5.21 Å². The van der Waals surface area contributed by atoms with Gasteiger partial charge in [0.2, 0.25) is 0 Å². The Kier molecular flexibility index (Phi) is 2.39. The molecule has 1 unspecified atom stereocenters. The Labute approximate surface area is 68.0 Å². The Morgan fingerprint density at radius 3 is 2.17 bits per heavy atom. The van der Waals surface area contributed by atoms with Crippen LogP contribution in [0.5, 0.6) is 0 Å². The molecule has 1 aromatic rings. The summed E-state index contributed by atoms with van der Waals surface area (Å²) in [6.45, 7) is 0. The average Bonchev–Trinajstić information content (AvgIpc) is 2.04. The molecule has 12 heavy (non-hydrogen) atoms. The van der Waals surface area contributed by atoms with Gasteiger partial charge in [-0.05, 0) is 12.1 Å². The van der Waals surface area contributed by atoms with Gasteiger partial charge in [-0.25, -0.2) is 10.0 Å². The van der Waals surface area contributed by atoms with Crippen molar-refractivity contribution in [1.29, 1.82) is 0 Å². The minimum absolute atomic E-state index is 0.0833. The van der Waals surface area contributed by atoms with Crippen LogP contribution in [-0.2, 0) is 0 Å². The Morgan fingerprint density at radius 1 is 1.33 bits per heavy atom. The number of hydrogen-bond donors (Lipinski definition) is 3. The van der Waals surface area contributed by atoms with Crippen LogP contribution < -0.4 is 5.23 Å². The molecule has 1 aromatic carbocycles. The molecule has 0 aliphatic carbocycles. The molecule has 0 radical (unpaired) electrons. The number of carboxylic acids is 1. The lowest BCUT2D eigenvalue weighted by molar-refractivity contribution is -0.991. The van der Waals surface area contributed by atoms with Crippen molar-refractivity contribution in [2.45, 2.75) is 0 Å². The van der Waals surface area contributed by atoms with Crippen molar-refractivity contribution in [3.63, 3.8) is 0 Å². The number of carboxylic acid groups (broad SMARTS) is 1. The zero-order valence-electron chi connectivity index (χ0n) is 6.02. The van der Waals surface area contributed by atoms with E-state index in [1.165, 1.54) is 24.3 Å². The summed E-state index contributed by atoms with van der Waals surface area (Å²) in [6, 6.07) is 5.02. The van der Waals surface area contributed by atoms with Gasteiger partial charge in [-0.2, -0.15) is 5.23 Å². The van der Waals surface area contributed by atoms with Crippen LogP contribution >= 0.6 is 0 Å². The van der Waals surface area contributed by atoms with Gasteiger partial charge in [-0.1, -0.05) is 0 Å². The second-order valence-corrected chi connectivity index (χ2v) is 2.19. The largest absolute Gasteiger partial charge is 0.595 e. The predicted molar refractivity (Wildman–Crippen MR) is 39.2 cm³/mol. The number of aromatic carboxylic acids is 1. The molecule has 0 aliphatic rings. The molecule has 0 saturated carbocycles. The van der Waals surface area contributed by atoms with E-state index in [2.05, 4.69) is 0 Å². The predicted octanol–water partition coefficient (Wildman–Crippen LogP) is -0.212. The lowest BCUT2D eigenvalue weighted by Crippen LogP contribution is -2.99. The van der Waals surface area contributed by atoms with Gasteiger partial charge < -0.3 is 10.3 Å². The molecular formula is C7H7NO4. The van der Waals surface area contributed by atoms with Gasteiger partial charge >= 0.3 is 5.97 Å². The summed E-state index contributed by atoms with van der Waals surface area (Å²) in [5.74, 6) is -1.06. The van der Waals surface area contributed by atoms with E-state index in [1.54, 1.807) is 0 Å². The van der Waals surface area contributed by atoms with Crippen LogP contribution in [0.15, 0.2) is 24.3 Å². The van der Waals surface area contributed by atoms with Crippen molar-refractivity contribution < 1.29 is 20.3 Å². The zero-order chi connectivity index (χ0) is 9.14. The van der Waals surface area contributed by atoms with E-state index >= 15 is 0 Å². The highest BCUT2D eigenvalue weighted by molar-refractivity contribution is 5.87. The first-order valence-electron chi connectivity index (χ1n) is 3.18. The van der Waals surface area contributed by atoms with Gasteiger partial charge in [0, 0.05) is 12.1 Å². The summed E-state index contributed by atoms with van der Waals surface area (Å²) in [7, 11) is 0. The third-order valence-electron chi connectivity index (χ3n) is 1.38. The van der Waals surface area contributed by atoms with E-state index in [0.29, 0.717) is 0 Å². The zero-order valence-corrected chi connectivity index (χ0v) is 6.02. The minimum atomic E-state index is -1.06. The molecule has 0 fully saturated rings. The van der Waals surface area contributed by atoms with E-state index in [9.17, 15) is 10.0 Å². The summed E-state index contributed by atoms with van der Waals surface area (Å²) in [5.41, 5.74) is 0.167. The van der Waals surface area contributed by atoms with E-state index < -0.39 is 11.2 Å². The first-order valence-corrected chi connectivity index (χ1v) is 3.18. The highest BCUT2D eigenvalue weighted by Gasteiger charge is 2.03. The Bertz CT molecular complexity index is 280. The molecule has 5 heteroatoms. The third-order valence-corrected chi connectivity index (χ3v) is 1.38. The number of benzene rings is 1. The molecule has 0 heterocycles. The molecule has 0 saturated heterocycles. The Morgan fingerprint density at radius 2 is 1.83 bits per heavy atom. The molecule has 64 valence electrons. The molecule has 0 aliphatic heterocycles. The maximum Gasteiger partial charge on any atom is 0.335 e. The minimum Gasteiger partial charge on any atom is -0.595 e. The van der Waals surface area contributed by atoms with Crippen LogP contribution in [-0.4, -0.2) is 16.3 Å². The molecule has 3 N–H and O–H groups in total. The van der Waals surface area contributed by atoms with Crippen LogP contribution in [0.1, 0.15) is 10.4 Å². The highest BCUT2D eigenvalue weighted by atomic mass is 16.8. The second kappa shape index (κ2) is 3.31. The fraction of sp³-hybridized carbons (Fsp3) is 0. The summed E-state index contributed by atoms with van der Waals surface area (Å²) < 4.78 is 0. The Balaban J connectivity index is 2.93. The van der Waals surface area contributed by atoms with E-state index in [4.69, 9.17) is 10.3 Å². The molecule has 0 aromatic heterocycles. The monoisotopic (exact) mass is 169 g/mol. The molecular weight excluding hydrogens is 162 g/mol. The molecule has 1 rings (SSSR count). The van der Waals surface area contributed by atoms with Gasteiger partial charge in [0.15, 0.2) is 5.69 Å². The van der Waals surface area contributed by atoms with E-state index in [-0.39, 0.29) is 11.3 Å². The van der Waals surface area contributed by atoms with Gasteiger partial charge in [0.1, 0.15) is 0 Å². The molecule has 0 bridgehead atoms. The van der Waals surface area contributed by atoms with Crippen LogP contribution in [0.4, 0.5) is 5.69 Å². The van der Waals surface area contributed by atoms with Crippen molar-refractivity contribution in [2.75, 3.05) is 0 Å². The summed E-state index contributed by atoms with van der Waals surface area (Å²) in [4.78, 5) is 10.3. The van der Waals surface area contributed by atoms with Gasteiger partial charge in [-0.3, -0.25) is 0 Å². The molecule has 5 nitrogen and oxygen atoms in total. The van der Waals surface area contributed by atoms with Crippen molar-refractivity contribution in [3.8, 4) is 0 Å². The number of hydrogen-bond acceptors (Lipinski definition) is 3. The number of rotatable bonds is 2. The number of carbonyl (C=O) groups is 1. The lowest BCUT2D eigenvalue weighted by atomic mass is 10.2. The molecule has 0 amide bonds. The van der Waals surface area contributed by atoms with Crippen molar-refractivity contribution >= 4 is 11.7 Å². The van der Waals surface area contributed by atoms with Gasteiger partial charge in [0.25, 0.3) is 0 Å². The quantitative estimate of drug-likeness (QED) is 0.534. The summed E-state index contributed by atoms with van der Waals surface area (Å²) >= 11 is 0. The topological polar surface area (TPSA) is 85.0 Å². The fourth-order valence-electron chi connectivity index (χ4n) is 0.755. The van der Waals surface area contributed by atoms with Crippen molar-refractivity contribution in [2.24, 2.45) is 0 Å². The first-order chi connectivity index (χ1) is 5.61. The third kappa shape index (κ3) is 1.79. The highest BCUT2D eigenvalue weighted by Crippen LogP contribution is 2.04. The van der Waals surface area contributed by atoms with Crippen molar-refractivity contribution in [3.05, 3.63) is 35.0 Å². The summed E-state index contributed by atoms with van der Waals surface area (Å²) in [5, 5.41) is 26.2. The maximum atomic E-state index is 10.3. The van der Waals surface area contributed by atoms with Crippen LogP contribution in [0.3, 0.4) is 0 Å². The number of nitrogens with one attached hydrogen (secondary N) is 1. The van der Waals surface area contributed by atoms with Gasteiger partial charge in [0.05, 0.1) is 5.56 Å².